The molecule has 0 spiro atoms. The molecule has 36 heavy (non-hydrogen) atoms. The van der Waals surface area contributed by atoms with Gasteiger partial charge in [0.2, 0.25) is 17.6 Å². The summed E-state index contributed by atoms with van der Waals surface area (Å²) in [6.45, 7) is 6.15. The normalized spacial score (nSPS) is 18.7. The van der Waals surface area contributed by atoms with Crippen LogP contribution in [0.5, 0.6) is 0 Å². The molecular formula is C27H31N5O4. The molecule has 188 valence electrons. The van der Waals surface area contributed by atoms with Crippen molar-refractivity contribution in [2.24, 2.45) is 5.92 Å². The summed E-state index contributed by atoms with van der Waals surface area (Å²) < 4.78 is 10.9. The Morgan fingerprint density at radius 2 is 1.92 bits per heavy atom. The second kappa shape index (κ2) is 11.0. The number of morpholine rings is 1. The van der Waals surface area contributed by atoms with Crippen LogP contribution in [0.15, 0.2) is 53.1 Å². The predicted molar refractivity (Wildman–Crippen MR) is 134 cm³/mol. The minimum atomic E-state index is -0.190. The Balaban J connectivity index is 1.21. The second-order valence-corrected chi connectivity index (χ2v) is 9.39. The third kappa shape index (κ3) is 5.63. The Kier molecular flexibility index (Phi) is 7.39. The topological polar surface area (TPSA) is 101 Å². The number of amides is 2. The lowest BCUT2D eigenvalue weighted by molar-refractivity contribution is -0.121. The first-order valence-electron chi connectivity index (χ1n) is 12.5. The van der Waals surface area contributed by atoms with Crippen molar-refractivity contribution < 1.29 is 18.8 Å². The molecule has 2 fully saturated rings. The molecule has 1 atom stereocenters. The molecular weight excluding hydrogens is 458 g/mol. The molecule has 2 amide bonds. The first-order chi connectivity index (χ1) is 17.6. The molecule has 9 heteroatoms. The molecule has 1 N–H and O–H groups in total. The van der Waals surface area contributed by atoms with Crippen LogP contribution in [0.25, 0.3) is 11.4 Å². The van der Waals surface area contributed by atoms with Gasteiger partial charge in [0.1, 0.15) is 0 Å². The van der Waals surface area contributed by atoms with Crippen molar-refractivity contribution in [3.05, 3.63) is 65.5 Å². The van der Waals surface area contributed by atoms with E-state index in [0.717, 1.165) is 30.5 Å². The number of rotatable bonds is 6. The number of piperidine rings is 1. The number of hydrogen-bond acceptors (Lipinski definition) is 7. The highest BCUT2D eigenvalue weighted by Gasteiger charge is 2.28. The minimum absolute atomic E-state index is 0.0760. The van der Waals surface area contributed by atoms with Crippen molar-refractivity contribution >= 4 is 17.5 Å². The van der Waals surface area contributed by atoms with E-state index in [1.807, 2.05) is 43.3 Å². The Labute approximate surface area is 210 Å². The van der Waals surface area contributed by atoms with E-state index in [2.05, 4.69) is 20.4 Å². The van der Waals surface area contributed by atoms with E-state index in [1.54, 1.807) is 17.0 Å². The maximum Gasteiger partial charge on any atom is 0.256 e. The van der Waals surface area contributed by atoms with Gasteiger partial charge < -0.3 is 19.5 Å². The third-order valence-corrected chi connectivity index (χ3v) is 6.69. The number of nitrogens with zero attached hydrogens (tertiary/aromatic N) is 4. The number of benzene rings is 2. The van der Waals surface area contributed by atoms with Gasteiger partial charge in [0, 0.05) is 25.2 Å². The first kappa shape index (κ1) is 24.1. The fourth-order valence-electron chi connectivity index (χ4n) is 4.78. The molecule has 3 heterocycles. The van der Waals surface area contributed by atoms with Gasteiger partial charge in [-0.05, 0) is 44.5 Å². The standard InChI is InChI=1S/C27H31N5O4/c1-19-6-4-7-20(16-19)25-29-24(36-30-25)18-31-11-5-8-21(17-31)26(33)28-23-10-3-2-9-22(23)27(34)32-12-14-35-15-13-32/h2-4,6-7,9-10,16,21H,5,8,11-15,17-18H2,1H3,(H,28,33). The van der Waals surface area contributed by atoms with Gasteiger partial charge in [-0.1, -0.05) is 41.1 Å². The van der Waals surface area contributed by atoms with Crippen molar-refractivity contribution in [3.63, 3.8) is 0 Å². The third-order valence-electron chi connectivity index (χ3n) is 6.69. The van der Waals surface area contributed by atoms with Crippen molar-refractivity contribution in [1.82, 2.24) is 19.9 Å². The number of para-hydroxylation sites is 1. The van der Waals surface area contributed by atoms with Crippen molar-refractivity contribution in [2.45, 2.75) is 26.3 Å². The highest BCUT2D eigenvalue weighted by molar-refractivity contribution is 6.04. The number of ether oxygens (including phenoxy) is 1. The zero-order valence-corrected chi connectivity index (χ0v) is 20.5. The molecule has 2 saturated heterocycles. The van der Waals surface area contributed by atoms with Crippen LogP contribution in [-0.4, -0.2) is 71.1 Å². The van der Waals surface area contributed by atoms with Gasteiger partial charge in [0.05, 0.1) is 36.9 Å². The molecule has 0 saturated carbocycles. The van der Waals surface area contributed by atoms with Crippen LogP contribution in [0.4, 0.5) is 5.69 Å². The summed E-state index contributed by atoms with van der Waals surface area (Å²) in [5.41, 5.74) is 3.12. The molecule has 0 aliphatic carbocycles. The summed E-state index contributed by atoms with van der Waals surface area (Å²) in [5.74, 6) is 0.758. The molecule has 3 aromatic rings. The number of hydrogen-bond donors (Lipinski definition) is 1. The van der Waals surface area contributed by atoms with Crippen molar-refractivity contribution in [1.29, 1.82) is 0 Å². The molecule has 2 aromatic carbocycles. The van der Waals surface area contributed by atoms with Crippen molar-refractivity contribution in [3.8, 4) is 11.4 Å². The number of likely N-dealkylation sites (tertiary alicyclic amines) is 1. The monoisotopic (exact) mass is 489 g/mol. The average molecular weight is 490 g/mol. The van der Waals surface area contributed by atoms with Crippen LogP contribution in [0, 0.1) is 12.8 Å². The van der Waals surface area contributed by atoms with Crippen LogP contribution < -0.4 is 5.32 Å². The highest BCUT2D eigenvalue weighted by Crippen LogP contribution is 2.24. The summed E-state index contributed by atoms with van der Waals surface area (Å²) in [6, 6.07) is 15.2. The molecule has 2 aliphatic heterocycles. The number of aryl methyl sites for hydroxylation is 1. The number of nitrogens with one attached hydrogen (secondary N) is 1. The van der Waals surface area contributed by atoms with E-state index in [1.165, 1.54) is 0 Å². The Morgan fingerprint density at radius 1 is 1.08 bits per heavy atom. The predicted octanol–water partition coefficient (Wildman–Crippen LogP) is 3.37. The zero-order chi connectivity index (χ0) is 24.9. The van der Waals surface area contributed by atoms with Crippen LogP contribution in [0.2, 0.25) is 0 Å². The smallest absolute Gasteiger partial charge is 0.256 e. The molecule has 0 radical (unpaired) electrons. The zero-order valence-electron chi connectivity index (χ0n) is 20.5. The van der Waals surface area contributed by atoms with E-state index >= 15 is 0 Å². The van der Waals surface area contributed by atoms with Gasteiger partial charge in [-0.2, -0.15) is 4.98 Å². The Bertz CT molecular complexity index is 1220. The summed E-state index contributed by atoms with van der Waals surface area (Å²) in [4.78, 5) is 34.7. The largest absolute Gasteiger partial charge is 0.378 e. The fraction of sp³-hybridized carbons (Fsp3) is 0.407. The number of carbonyl (C=O) groups excluding carboxylic acids is 2. The average Bonchev–Trinajstić information content (AvgIpc) is 3.38. The molecule has 1 aromatic heterocycles. The number of anilines is 1. The lowest BCUT2D eigenvalue weighted by Crippen LogP contribution is -2.42. The van der Waals surface area contributed by atoms with E-state index in [4.69, 9.17) is 9.26 Å². The molecule has 2 aliphatic rings. The van der Waals surface area contributed by atoms with Crippen molar-refractivity contribution in [2.75, 3.05) is 44.7 Å². The fourth-order valence-corrected chi connectivity index (χ4v) is 4.78. The lowest BCUT2D eigenvalue weighted by Gasteiger charge is -2.31. The maximum absolute atomic E-state index is 13.2. The number of carbonyl (C=O) groups is 2. The number of aromatic nitrogens is 2. The highest BCUT2D eigenvalue weighted by atomic mass is 16.5. The van der Waals surface area contributed by atoms with E-state index in [-0.39, 0.29) is 17.7 Å². The van der Waals surface area contributed by atoms with Gasteiger partial charge in [0.15, 0.2) is 0 Å². The Hall–Kier alpha value is -3.56. The molecule has 5 rings (SSSR count). The van der Waals surface area contributed by atoms with Crippen LogP contribution in [-0.2, 0) is 16.1 Å². The summed E-state index contributed by atoms with van der Waals surface area (Å²) in [7, 11) is 0. The van der Waals surface area contributed by atoms with E-state index in [9.17, 15) is 9.59 Å². The van der Waals surface area contributed by atoms with Gasteiger partial charge in [0.25, 0.3) is 5.91 Å². The molecule has 1 unspecified atom stereocenters. The van der Waals surface area contributed by atoms with Crippen LogP contribution in [0.3, 0.4) is 0 Å². The minimum Gasteiger partial charge on any atom is -0.378 e. The van der Waals surface area contributed by atoms with Gasteiger partial charge in [-0.25, -0.2) is 0 Å². The van der Waals surface area contributed by atoms with E-state index in [0.29, 0.717) is 62.4 Å². The van der Waals surface area contributed by atoms with Crippen LogP contribution >= 0.6 is 0 Å². The van der Waals surface area contributed by atoms with Gasteiger partial charge in [-0.3, -0.25) is 14.5 Å². The SMILES string of the molecule is Cc1cccc(-c2noc(CN3CCCC(C(=O)Nc4ccccc4C(=O)N4CCOCC4)C3)n2)c1. The summed E-state index contributed by atoms with van der Waals surface area (Å²) in [5, 5.41) is 7.15. The first-order valence-corrected chi connectivity index (χ1v) is 12.5. The summed E-state index contributed by atoms with van der Waals surface area (Å²) in [6.07, 6.45) is 1.69. The lowest BCUT2D eigenvalue weighted by atomic mass is 9.96. The molecule has 0 bridgehead atoms. The van der Waals surface area contributed by atoms with Gasteiger partial charge >= 0.3 is 0 Å². The molecule has 9 nitrogen and oxygen atoms in total. The summed E-state index contributed by atoms with van der Waals surface area (Å²) >= 11 is 0. The van der Waals surface area contributed by atoms with Crippen LogP contribution in [0.1, 0.15) is 34.7 Å². The van der Waals surface area contributed by atoms with E-state index < -0.39 is 0 Å². The Morgan fingerprint density at radius 3 is 2.75 bits per heavy atom. The van der Waals surface area contributed by atoms with Gasteiger partial charge in [-0.15, -0.1) is 0 Å². The maximum atomic E-state index is 13.2. The quantitative estimate of drug-likeness (QED) is 0.567. The second-order valence-electron chi connectivity index (χ2n) is 9.39.